The minimum Gasteiger partial charge on any atom is -0.0625 e. The largest absolute Gasteiger partial charge is 0.0625 e. The SMILES string of the molecule is Cc1cc(Cc2c(C)cc(CC3CCC(C)CC3)cc2C)cc(C)c1C. The summed E-state index contributed by atoms with van der Waals surface area (Å²) in [6, 6.07) is 9.68. The smallest absolute Gasteiger partial charge is 0.00203 e. The molecule has 0 heterocycles. The maximum absolute atomic E-state index is 2.47. The van der Waals surface area contributed by atoms with E-state index in [4.69, 9.17) is 0 Å². The van der Waals surface area contributed by atoms with Gasteiger partial charge in [-0.2, -0.15) is 0 Å². The van der Waals surface area contributed by atoms with Gasteiger partial charge in [-0.05, 0) is 117 Å². The lowest BCUT2D eigenvalue weighted by Gasteiger charge is -2.26. The van der Waals surface area contributed by atoms with Crippen LogP contribution in [0.15, 0.2) is 24.3 Å². The van der Waals surface area contributed by atoms with Crippen molar-refractivity contribution in [2.75, 3.05) is 0 Å². The molecule has 0 aromatic heterocycles. The number of rotatable bonds is 4. The first kappa shape index (κ1) is 19.2. The van der Waals surface area contributed by atoms with Crippen LogP contribution in [0.5, 0.6) is 0 Å². The molecule has 3 rings (SSSR count). The Morgan fingerprint density at radius 2 is 1.19 bits per heavy atom. The van der Waals surface area contributed by atoms with E-state index >= 15 is 0 Å². The van der Waals surface area contributed by atoms with Gasteiger partial charge in [0, 0.05) is 0 Å². The molecule has 26 heavy (non-hydrogen) atoms. The van der Waals surface area contributed by atoms with Crippen molar-refractivity contribution in [3.8, 4) is 0 Å². The molecule has 0 saturated heterocycles. The number of aryl methyl sites for hydroxylation is 4. The van der Waals surface area contributed by atoms with Gasteiger partial charge in [-0.3, -0.25) is 0 Å². The highest BCUT2D eigenvalue weighted by Gasteiger charge is 2.19. The minimum atomic E-state index is 0.901. The molecule has 1 aliphatic rings. The summed E-state index contributed by atoms with van der Waals surface area (Å²) in [5.74, 6) is 1.84. The molecule has 0 nitrogen and oxygen atoms in total. The summed E-state index contributed by atoms with van der Waals surface area (Å²) in [6.07, 6.45) is 8.02. The summed E-state index contributed by atoms with van der Waals surface area (Å²) in [7, 11) is 0. The molecule has 2 aromatic carbocycles. The Morgan fingerprint density at radius 1 is 0.692 bits per heavy atom. The average molecular weight is 349 g/mol. The Bertz CT molecular complexity index is 727. The molecule has 1 saturated carbocycles. The fourth-order valence-corrected chi connectivity index (χ4v) is 4.78. The third-order valence-corrected chi connectivity index (χ3v) is 6.78. The first-order chi connectivity index (χ1) is 12.3. The van der Waals surface area contributed by atoms with Crippen molar-refractivity contribution in [2.24, 2.45) is 11.8 Å². The molecule has 0 bridgehead atoms. The Labute approximate surface area is 161 Å². The van der Waals surface area contributed by atoms with Crippen molar-refractivity contribution in [3.05, 3.63) is 68.8 Å². The third kappa shape index (κ3) is 4.40. The molecule has 2 aromatic rings. The topological polar surface area (TPSA) is 0 Å². The standard InChI is InChI=1S/C26H36/c1-17-7-9-23(10-8-17)15-24-13-20(4)26(21(5)14-24)16-25-11-18(2)22(6)19(3)12-25/h11-14,17,23H,7-10,15-16H2,1-6H3. The van der Waals surface area contributed by atoms with E-state index in [-0.39, 0.29) is 0 Å². The second-order valence-electron chi connectivity index (χ2n) is 9.07. The first-order valence-corrected chi connectivity index (χ1v) is 10.5. The van der Waals surface area contributed by atoms with Gasteiger partial charge in [0.15, 0.2) is 0 Å². The van der Waals surface area contributed by atoms with E-state index in [9.17, 15) is 0 Å². The zero-order valence-electron chi connectivity index (χ0n) is 17.7. The van der Waals surface area contributed by atoms with Crippen LogP contribution in [-0.2, 0) is 12.8 Å². The normalized spacial score (nSPS) is 20.4. The lowest BCUT2D eigenvalue weighted by atomic mass is 9.79. The molecule has 0 N–H and O–H groups in total. The lowest BCUT2D eigenvalue weighted by molar-refractivity contribution is 0.289. The molecule has 0 amide bonds. The van der Waals surface area contributed by atoms with Crippen LogP contribution < -0.4 is 0 Å². The monoisotopic (exact) mass is 348 g/mol. The van der Waals surface area contributed by atoms with Crippen LogP contribution >= 0.6 is 0 Å². The van der Waals surface area contributed by atoms with Crippen molar-refractivity contribution in [3.63, 3.8) is 0 Å². The van der Waals surface area contributed by atoms with Gasteiger partial charge in [-0.1, -0.05) is 44.0 Å². The predicted molar refractivity (Wildman–Crippen MR) is 114 cm³/mol. The maximum Gasteiger partial charge on any atom is -0.00203 e. The van der Waals surface area contributed by atoms with Gasteiger partial charge in [0.05, 0.1) is 0 Å². The van der Waals surface area contributed by atoms with Crippen molar-refractivity contribution in [1.82, 2.24) is 0 Å². The maximum atomic E-state index is 2.47. The first-order valence-electron chi connectivity index (χ1n) is 10.5. The van der Waals surface area contributed by atoms with Crippen LogP contribution in [0.3, 0.4) is 0 Å². The van der Waals surface area contributed by atoms with Gasteiger partial charge in [0.25, 0.3) is 0 Å². The summed E-state index contributed by atoms with van der Waals surface area (Å²) < 4.78 is 0. The summed E-state index contributed by atoms with van der Waals surface area (Å²) in [5.41, 5.74) is 11.7. The summed E-state index contributed by atoms with van der Waals surface area (Å²) in [6.45, 7) is 13.7. The van der Waals surface area contributed by atoms with Crippen molar-refractivity contribution >= 4 is 0 Å². The Hall–Kier alpha value is -1.56. The van der Waals surface area contributed by atoms with Crippen LogP contribution in [0.2, 0.25) is 0 Å². The van der Waals surface area contributed by atoms with E-state index in [2.05, 4.69) is 65.8 Å². The highest BCUT2D eigenvalue weighted by molar-refractivity contribution is 5.44. The highest BCUT2D eigenvalue weighted by atomic mass is 14.2. The minimum absolute atomic E-state index is 0.901. The van der Waals surface area contributed by atoms with Crippen LogP contribution in [0.4, 0.5) is 0 Å². The van der Waals surface area contributed by atoms with Crippen molar-refractivity contribution in [1.29, 1.82) is 0 Å². The molecule has 0 radical (unpaired) electrons. The molecule has 0 atom stereocenters. The quantitative estimate of drug-likeness (QED) is 0.548. The van der Waals surface area contributed by atoms with Crippen LogP contribution in [0.25, 0.3) is 0 Å². The molecule has 0 aliphatic heterocycles. The Morgan fingerprint density at radius 3 is 1.73 bits per heavy atom. The van der Waals surface area contributed by atoms with Crippen LogP contribution in [0, 0.1) is 46.5 Å². The molecule has 0 heteroatoms. The van der Waals surface area contributed by atoms with Crippen LogP contribution in [-0.4, -0.2) is 0 Å². The number of hydrogen-bond acceptors (Lipinski definition) is 0. The average Bonchev–Trinajstić information content (AvgIpc) is 2.58. The molecule has 0 unspecified atom stereocenters. The van der Waals surface area contributed by atoms with Crippen molar-refractivity contribution < 1.29 is 0 Å². The van der Waals surface area contributed by atoms with E-state index in [1.54, 1.807) is 5.56 Å². The Kier molecular flexibility index (Phi) is 5.90. The fraction of sp³-hybridized carbons (Fsp3) is 0.538. The highest BCUT2D eigenvalue weighted by Crippen LogP contribution is 2.32. The second-order valence-corrected chi connectivity index (χ2v) is 9.07. The van der Waals surface area contributed by atoms with Gasteiger partial charge >= 0.3 is 0 Å². The van der Waals surface area contributed by atoms with Crippen molar-refractivity contribution in [2.45, 2.75) is 80.1 Å². The molecular weight excluding hydrogens is 312 g/mol. The Balaban J connectivity index is 1.77. The fourth-order valence-electron chi connectivity index (χ4n) is 4.78. The van der Waals surface area contributed by atoms with Gasteiger partial charge in [-0.15, -0.1) is 0 Å². The van der Waals surface area contributed by atoms with Gasteiger partial charge in [0.2, 0.25) is 0 Å². The summed E-state index contributed by atoms with van der Waals surface area (Å²) in [5, 5.41) is 0. The van der Waals surface area contributed by atoms with E-state index in [0.29, 0.717) is 0 Å². The van der Waals surface area contributed by atoms with E-state index < -0.39 is 0 Å². The second kappa shape index (κ2) is 7.99. The van der Waals surface area contributed by atoms with Gasteiger partial charge in [-0.25, -0.2) is 0 Å². The van der Waals surface area contributed by atoms with E-state index in [1.807, 2.05) is 0 Å². The lowest BCUT2D eigenvalue weighted by Crippen LogP contribution is -2.14. The molecule has 1 fully saturated rings. The molecule has 1 aliphatic carbocycles. The molecular formula is C26H36. The predicted octanol–water partition coefficient (Wildman–Crippen LogP) is 7.19. The van der Waals surface area contributed by atoms with Crippen LogP contribution in [0.1, 0.15) is 77.1 Å². The zero-order valence-corrected chi connectivity index (χ0v) is 17.7. The molecule has 0 spiro atoms. The number of hydrogen-bond donors (Lipinski definition) is 0. The summed E-state index contributed by atoms with van der Waals surface area (Å²) >= 11 is 0. The molecule has 140 valence electrons. The summed E-state index contributed by atoms with van der Waals surface area (Å²) in [4.78, 5) is 0. The van der Waals surface area contributed by atoms with E-state index in [0.717, 1.165) is 18.3 Å². The van der Waals surface area contributed by atoms with Gasteiger partial charge < -0.3 is 0 Å². The van der Waals surface area contributed by atoms with Gasteiger partial charge in [0.1, 0.15) is 0 Å². The zero-order chi connectivity index (χ0) is 18.8. The van der Waals surface area contributed by atoms with E-state index in [1.165, 1.54) is 71.0 Å². The third-order valence-electron chi connectivity index (χ3n) is 6.78. The number of benzene rings is 2.